The Hall–Kier alpha value is -2.00. The molecule has 0 fully saturated rings. The molecule has 0 aliphatic heterocycles. The van der Waals surface area contributed by atoms with Gasteiger partial charge in [-0.05, 0) is 35.4 Å². The summed E-state index contributed by atoms with van der Waals surface area (Å²) in [5.41, 5.74) is 7.40. The third-order valence-electron chi connectivity index (χ3n) is 3.20. The van der Waals surface area contributed by atoms with Gasteiger partial charge in [0.25, 0.3) is 0 Å². The van der Waals surface area contributed by atoms with Crippen LogP contribution in [0.4, 0.5) is 0 Å². The maximum atomic E-state index is 11.3. The van der Waals surface area contributed by atoms with Crippen molar-refractivity contribution in [3.8, 4) is 5.75 Å². The highest BCUT2D eigenvalue weighted by Gasteiger charge is 2.17. The van der Waals surface area contributed by atoms with Crippen molar-refractivity contribution in [2.75, 3.05) is 7.11 Å². The normalized spacial score (nSPS) is 11.9. The Bertz CT molecular complexity index is 578. The largest absolute Gasteiger partial charge is 0.497 e. The van der Waals surface area contributed by atoms with Crippen LogP contribution in [-0.2, 0) is 4.79 Å². The topological polar surface area (TPSA) is 52.3 Å². The highest BCUT2D eigenvalue weighted by atomic mass is 35.5. The minimum Gasteiger partial charge on any atom is -0.497 e. The molecule has 104 valence electrons. The Morgan fingerprint density at radius 3 is 2.05 bits per heavy atom. The second-order valence-electron chi connectivity index (χ2n) is 4.55. The summed E-state index contributed by atoms with van der Waals surface area (Å²) in [5.74, 6) is 0.374. The predicted octanol–water partition coefficient (Wildman–Crippen LogP) is 3.36. The van der Waals surface area contributed by atoms with Gasteiger partial charge in [0.15, 0.2) is 0 Å². The maximum absolute atomic E-state index is 11.3. The number of hydrogen-bond donors (Lipinski definition) is 1. The number of nitrogens with two attached hydrogens (primary N) is 1. The van der Waals surface area contributed by atoms with E-state index in [9.17, 15) is 4.79 Å². The summed E-state index contributed by atoms with van der Waals surface area (Å²) in [6.45, 7) is 0. The molecular formula is C16H16ClNO2. The van der Waals surface area contributed by atoms with Crippen LogP contribution in [0.5, 0.6) is 5.75 Å². The van der Waals surface area contributed by atoms with Crippen LogP contribution in [0.1, 0.15) is 23.5 Å². The van der Waals surface area contributed by atoms with E-state index in [1.165, 1.54) is 0 Å². The lowest BCUT2D eigenvalue weighted by Crippen LogP contribution is -2.16. The summed E-state index contributed by atoms with van der Waals surface area (Å²) in [6.07, 6.45) is 0.258. The van der Waals surface area contributed by atoms with Crippen LogP contribution in [0.25, 0.3) is 0 Å². The van der Waals surface area contributed by atoms with E-state index in [0.717, 1.165) is 16.9 Å². The van der Waals surface area contributed by atoms with Crippen LogP contribution in [-0.4, -0.2) is 13.0 Å². The summed E-state index contributed by atoms with van der Waals surface area (Å²) in [6, 6.07) is 15.1. The van der Waals surface area contributed by atoms with Gasteiger partial charge in [0.2, 0.25) is 5.91 Å². The molecule has 0 radical (unpaired) electrons. The van der Waals surface area contributed by atoms with Crippen molar-refractivity contribution in [1.29, 1.82) is 0 Å². The summed E-state index contributed by atoms with van der Waals surface area (Å²) in [5, 5.41) is 0.668. The van der Waals surface area contributed by atoms with Crippen molar-refractivity contribution in [1.82, 2.24) is 0 Å². The van der Waals surface area contributed by atoms with E-state index in [2.05, 4.69) is 0 Å². The van der Waals surface area contributed by atoms with E-state index in [-0.39, 0.29) is 18.2 Å². The number of benzene rings is 2. The smallest absolute Gasteiger partial charge is 0.218 e. The second kappa shape index (κ2) is 6.44. The van der Waals surface area contributed by atoms with Crippen molar-refractivity contribution in [2.45, 2.75) is 12.3 Å². The number of amides is 1. The molecule has 4 heteroatoms. The number of rotatable bonds is 5. The number of carbonyl (C=O) groups excluding carboxylic acids is 1. The highest BCUT2D eigenvalue weighted by molar-refractivity contribution is 6.30. The van der Waals surface area contributed by atoms with E-state index in [4.69, 9.17) is 22.1 Å². The van der Waals surface area contributed by atoms with Gasteiger partial charge < -0.3 is 10.5 Å². The van der Waals surface area contributed by atoms with Crippen LogP contribution in [0.2, 0.25) is 5.02 Å². The molecule has 0 heterocycles. The van der Waals surface area contributed by atoms with Crippen molar-refractivity contribution in [2.24, 2.45) is 5.73 Å². The number of methoxy groups -OCH3 is 1. The van der Waals surface area contributed by atoms with Crippen LogP contribution in [0.15, 0.2) is 48.5 Å². The third kappa shape index (κ3) is 3.52. The fourth-order valence-electron chi connectivity index (χ4n) is 2.16. The Kier molecular flexibility index (Phi) is 4.64. The summed E-state index contributed by atoms with van der Waals surface area (Å²) in [7, 11) is 1.62. The lowest BCUT2D eigenvalue weighted by Gasteiger charge is -2.17. The highest BCUT2D eigenvalue weighted by Crippen LogP contribution is 2.29. The SMILES string of the molecule is COc1ccc(C(CC(N)=O)c2ccc(Cl)cc2)cc1. The Morgan fingerprint density at radius 1 is 1.10 bits per heavy atom. The first kappa shape index (κ1) is 14.4. The van der Waals surface area contributed by atoms with Gasteiger partial charge in [-0.1, -0.05) is 35.9 Å². The van der Waals surface area contributed by atoms with Crippen LogP contribution >= 0.6 is 11.6 Å². The quantitative estimate of drug-likeness (QED) is 0.917. The average Bonchev–Trinajstić information content (AvgIpc) is 2.46. The van der Waals surface area contributed by atoms with Crippen molar-refractivity contribution in [3.05, 3.63) is 64.7 Å². The van der Waals surface area contributed by atoms with Gasteiger partial charge in [0, 0.05) is 17.4 Å². The van der Waals surface area contributed by atoms with Crippen LogP contribution in [0, 0.1) is 0 Å². The summed E-state index contributed by atoms with van der Waals surface area (Å²) in [4.78, 5) is 11.3. The lowest BCUT2D eigenvalue weighted by molar-refractivity contribution is -0.118. The molecule has 1 atom stereocenters. The number of halogens is 1. The van der Waals surface area contributed by atoms with Gasteiger partial charge >= 0.3 is 0 Å². The zero-order valence-electron chi connectivity index (χ0n) is 11.2. The van der Waals surface area contributed by atoms with E-state index in [0.29, 0.717) is 5.02 Å². The zero-order valence-corrected chi connectivity index (χ0v) is 11.9. The van der Waals surface area contributed by atoms with Gasteiger partial charge in [-0.3, -0.25) is 4.79 Å². The number of hydrogen-bond acceptors (Lipinski definition) is 2. The Morgan fingerprint density at radius 2 is 1.60 bits per heavy atom. The van der Waals surface area contributed by atoms with Crippen molar-refractivity contribution in [3.63, 3.8) is 0 Å². The monoisotopic (exact) mass is 289 g/mol. The van der Waals surface area contributed by atoms with E-state index >= 15 is 0 Å². The van der Waals surface area contributed by atoms with Crippen LogP contribution in [0.3, 0.4) is 0 Å². The number of primary amides is 1. The molecule has 20 heavy (non-hydrogen) atoms. The average molecular weight is 290 g/mol. The third-order valence-corrected chi connectivity index (χ3v) is 3.45. The molecule has 0 aliphatic carbocycles. The molecule has 2 aromatic rings. The molecule has 2 N–H and O–H groups in total. The van der Waals surface area contributed by atoms with Gasteiger partial charge in [-0.15, -0.1) is 0 Å². The minimum absolute atomic E-state index is 0.0735. The van der Waals surface area contributed by atoms with Gasteiger partial charge in [0.05, 0.1) is 7.11 Å². The van der Waals surface area contributed by atoms with E-state index < -0.39 is 0 Å². The molecular weight excluding hydrogens is 274 g/mol. The van der Waals surface area contributed by atoms with Crippen LogP contribution < -0.4 is 10.5 Å². The number of carbonyl (C=O) groups is 1. The van der Waals surface area contributed by atoms with Crippen molar-refractivity contribution >= 4 is 17.5 Å². The molecule has 3 nitrogen and oxygen atoms in total. The number of ether oxygens (including phenoxy) is 1. The molecule has 0 bridgehead atoms. The zero-order chi connectivity index (χ0) is 14.5. The predicted molar refractivity (Wildman–Crippen MR) is 80.1 cm³/mol. The van der Waals surface area contributed by atoms with Gasteiger partial charge in [0.1, 0.15) is 5.75 Å². The second-order valence-corrected chi connectivity index (χ2v) is 4.98. The fraction of sp³-hybridized carbons (Fsp3) is 0.188. The minimum atomic E-state index is -0.333. The molecule has 0 aromatic heterocycles. The molecule has 2 rings (SSSR count). The standard InChI is InChI=1S/C16H16ClNO2/c1-20-14-8-4-12(5-9-14)15(10-16(18)19)11-2-6-13(17)7-3-11/h2-9,15H,10H2,1H3,(H2,18,19). The molecule has 0 aliphatic rings. The molecule has 0 spiro atoms. The molecule has 2 aromatic carbocycles. The van der Waals surface area contributed by atoms with Gasteiger partial charge in [-0.2, -0.15) is 0 Å². The first-order valence-corrected chi connectivity index (χ1v) is 6.65. The molecule has 0 saturated heterocycles. The summed E-state index contributed by atoms with van der Waals surface area (Å²) < 4.78 is 5.14. The van der Waals surface area contributed by atoms with E-state index in [1.54, 1.807) is 7.11 Å². The van der Waals surface area contributed by atoms with Gasteiger partial charge in [-0.25, -0.2) is 0 Å². The fourth-order valence-corrected chi connectivity index (χ4v) is 2.29. The molecule has 1 amide bonds. The lowest BCUT2D eigenvalue weighted by atomic mass is 9.88. The molecule has 1 unspecified atom stereocenters. The first-order chi connectivity index (χ1) is 9.60. The Labute approximate surface area is 123 Å². The Balaban J connectivity index is 2.35. The van der Waals surface area contributed by atoms with Crippen molar-refractivity contribution < 1.29 is 9.53 Å². The summed E-state index contributed by atoms with van der Waals surface area (Å²) >= 11 is 5.90. The maximum Gasteiger partial charge on any atom is 0.218 e. The van der Waals surface area contributed by atoms with E-state index in [1.807, 2.05) is 48.5 Å². The first-order valence-electron chi connectivity index (χ1n) is 6.28. The molecule has 0 saturated carbocycles.